The number of methoxy groups -OCH3 is 2. The van der Waals surface area contributed by atoms with Gasteiger partial charge in [-0.2, -0.15) is 0 Å². The highest BCUT2D eigenvalue weighted by molar-refractivity contribution is 5.43. The Kier molecular flexibility index (Phi) is 6.28. The molecule has 0 radical (unpaired) electrons. The van der Waals surface area contributed by atoms with Crippen molar-refractivity contribution in [3.05, 3.63) is 47.5 Å². The molecule has 0 saturated heterocycles. The van der Waals surface area contributed by atoms with Crippen LogP contribution in [-0.2, 0) is 6.42 Å². The van der Waals surface area contributed by atoms with E-state index in [9.17, 15) is 15.3 Å². The van der Waals surface area contributed by atoms with Crippen molar-refractivity contribution >= 4 is 0 Å². The van der Waals surface area contributed by atoms with E-state index in [-0.39, 0.29) is 11.5 Å². The van der Waals surface area contributed by atoms with E-state index in [1.165, 1.54) is 18.2 Å². The molecule has 2 aromatic carbocycles. The lowest BCUT2D eigenvalue weighted by Crippen LogP contribution is -2.23. The van der Waals surface area contributed by atoms with Crippen LogP contribution >= 0.6 is 0 Å². The molecule has 0 fully saturated rings. The average Bonchev–Trinajstić information content (AvgIpc) is 2.57. The summed E-state index contributed by atoms with van der Waals surface area (Å²) in [5, 5.41) is 32.1. The second kappa shape index (κ2) is 8.42. The van der Waals surface area contributed by atoms with Crippen molar-refractivity contribution in [2.24, 2.45) is 0 Å². The summed E-state index contributed by atoms with van der Waals surface area (Å²) >= 11 is 0. The molecule has 0 aliphatic rings. The molecule has 0 bridgehead atoms. The molecule has 2 aromatic rings. The van der Waals surface area contributed by atoms with Gasteiger partial charge in [0, 0.05) is 12.6 Å². The van der Waals surface area contributed by atoms with Crippen LogP contribution in [-0.4, -0.2) is 42.6 Å². The van der Waals surface area contributed by atoms with Gasteiger partial charge in [0.1, 0.15) is 11.5 Å². The molecule has 130 valence electrons. The number of phenols is 2. The zero-order chi connectivity index (χ0) is 17.5. The summed E-state index contributed by atoms with van der Waals surface area (Å²) in [5.74, 6) is 1.22. The molecule has 0 amide bonds. The lowest BCUT2D eigenvalue weighted by atomic mass is 10.1. The third kappa shape index (κ3) is 4.78. The molecule has 24 heavy (non-hydrogen) atoms. The molecule has 0 spiro atoms. The second-order valence-electron chi connectivity index (χ2n) is 5.44. The predicted molar refractivity (Wildman–Crippen MR) is 90.9 cm³/mol. The van der Waals surface area contributed by atoms with Gasteiger partial charge in [-0.15, -0.1) is 0 Å². The number of ether oxygens (including phenoxy) is 2. The van der Waals surface area contributed by atoms with E-state index >= 15 is 0 Å². The van der Waals surface area contributed by atoms with Crippen molar-refractivity contribution in [2.75, 3.05) is 27.3 Å². The lowest BCUT2D eigenvalue weighted by Gasteiger charge is -2.13. The molecule has 4 N–H and O–H groups in total. The summed E-state index contributed by atoms with van der Waals surface area (Å²) in [6.07, 6.45) is -0.0494. The first kappa shape index (κ1) is 17.9. The number of hydrogen-bond acceptors (Lipinski definition) is 6. The minimum atomic E-state index is -0.812. The van der Waals surface area contributed by atoms with E-state index < -0.39 is 6.10 Å². The number of benzene rings is 2. The summed E-state index contributed by atoms with van der Waals surface area (Å²) in [7, 11) is 3.20. The molecule has 0 aromatic heterocycles. The van der Waals surface area contributed by atoms with Gasteiger partial charge >= 0.3 is 0 Å². The standard InChI is InChI=1S/C18H23NO5/c1-23-17-4-3-12(7-18(17)24-2)5-6-19-11-16(22)13-8-14(20)10-15(21)9-13/h3-4,7-10,16,19-22H,5-6,11H2,1-2H3. The zero-order valence-electron chi connectivity index (χ0n) is 13.8. The monoisotopic (exact) mass is 333 g/mol. The molecule has 2 rings (SSSR count). The molecule has 6 nitrogen and oxygen atoms in total. The fourth-order valence-corrected chi connectivity index (χ4v) is 2.44. The Morgan fingerprint density at radius 3 is 2.25 bits per heavy atom. The minimum absolute atomic E-state index is 0.0747. The van der Waals surface area contributed by atoms with Crippen molar-refractivity contribution in [3.8, 4) is 23.0 Å². The molecular weight excluding hydrogens is 310 g/mol. The summed E-state index contributed by atoms with van der Waals surface area (Å²) in [6.45, 7) is 0.980. The Bertz CT molecular complexity index is 654. The van der Waals surface area contributed by atoms with Crippen molar-refractivity contribution in [1.82, 2.24) is 5.32 Å². The van der Waals surface area contributed by atoms with Gasteiger partial charge in [0.25, 0.3) is 0 Å². The summed E-state index contributed by atoms with van der Waals surface area (Å²) in [5.41, 5.74) is 1.55. The largest absolute Gasteiger partial charge is 0.508 e. The highest BCUT2D eigenvalue weighted by Crippen LogP contribution is 2.27. The van der Waals surface area contributed by atoms with Gasteiger partial charge < -0.3 is 30.1 Å². The van der Waals surface area contributed by atoms with Crippen molar-refractivity contribution < 1.29 is 24.8 Å². The van der Waals surface area contributed by atoms with Crippen LogP contribution in [0.1, 0.15) is 17.2 Å². The van der Waals surface area contributed by atoms with Gasteiger partial charge in [-0.05, 0) is 48.4 Å². The highest BCUT2D eigenvalue weighted by atomic mass is 16.5. The first-order chi connectivity index (χ1) is 11.5. The van der Waals surface area contributed by atoms with Crippen LogP contribution in [0.25, 0.3) is 0 Å². The number of aliphatic hydroxyl groups excluding tert-OH is 1. The third-order valence-electron chi connectivity index (χ3n) is 3.69. The Morgan fingerprint density at radius 2 is 1.62 bits per heavy atom. The number of aliphatic hydroxyl groups is 1. The summed E-state index contributed by atoms with van der Waals surface area (Å²) in [4.78, 5) is 0. The quantitative estimate of drug-likeness (QED) is 0.552. The predicted octanol–water partition coefficient (Wildman–Crippen LogP) is 1.98. The van der Waals surface area contributed by atoms with Crippen molar-refractivity contribution in [1.29, 1.82) is 0 Å². The average molecular weight is 333 g/mol. The van der Waals surface area contributed by atoms with Gasteiger partial charge in [0.15, 0.2) is 11.5 Å². The fraction of sp³-hybridized carbons (Fsp3) is 0.333. The topological polar surface area (TPSA) is 91.2 Å². The molecule has 0 saturated carbocycles. The number of nitrogens with one attached hydrogen (secondary N) is 1. The molecule has 0 heterocycles. The molecule has 0 aliphatic heterocycles. The van der Waals surface area contributed by atoms with Crippen LogP contribution < -0.4 is 14.8 Å². The van der Waals surface area contributed by atoms with Gasteiger partial charge in [-0.1, -0.05) is 6.07 Å². The number of phenolic OH excluding ortho intramolecular Hbond substituents is 2. The van der Waals surface area contributed by atoms with E-state index in [1.54, 1.807) is 14.2 Å². The van der Waals surface area contributed by atoms with Gasteiger partial charge in [-0.25, -0.2) is 0 Å². The molecule has 6 heteroatoms. The SMILES string of the molecule is COc1ccc(CCNCC(O)c2cc(O)cc(O)c2)cc1OC. The Hall–Kier alpha value is -2.44. The van der Waals surface area contributed by atoms with Crippen LogP contribution in [0.3, 0.4) is 0 Å². The Labute approximate surface area is 141 Å². The summed E-state index contributed by atoms with van der Waals surface area (Å²) in [6, 6.07) is 9.83. The smallest absolute Gasteiger partial charge is 0.160 e. The number of rotatable bonds is 8. The first-order valence-corrected chi connectivity index (χ1v) is 7.66. The van der Waals surface area contributed by atoms with Crippen LogP contribution in [0, 0.1) is 0 Å². The zero-order valence-corrected chi connectivity index (χ0v) is 13.8. The van der Waals surface area contributed by atoms with Gasteiger partial charge in [0.2, 0.25) is 0 Å². The maximum atomic E-state index is 10.1. The van der Waals surface area contributed by atoms with Crippen LogP contribution in [0.5, 0.6) is 23.0 Å². The maximum absolute atomic E-state index is 10.1. The Morgan fingerprint density at radius 1 is 0.958 bits per heavy atom. The Balaban J connectivity index is 1.84. The van der Waals surface area contributed by atoms with Gasteiger partial charge in [0.05, 0.1) is 20.3 Å². The van der Waals surface area contributed by atoms with E-state index in [2.05, 4.69) is 5.32 Å². The van der Waals surface area contributed by atoms with Crippen LogP contribution in [0.15, 0.2) is 36.4 Å². The van der Waals surface area contributed by atoms with Gasteiger partial charge in [-0.3, -0.25) is 0 Å². The van der Waals surface area contributed by atoms with Crippen molar-refractivity contribution in [2.45, 2.75) is 12.5 Å². The first-order valence-electron chi connectivity index (χ1n) is 7.66. The van der Waals surface area contributed by atoms with E-state index in [4.69, 9.17) is 9.47 Å². The minimum Gasteiger partial charge on any atom is -0.508 e. The van der Waals surface area contributed by atoms with Crippen LogP contribution in [0.4, 0.5) is 0 Å². The number of hydrogen-bond donors (Lipinski definition) is 4. The lowest BCUT2D eigenvalue weighted by molar-refractivity contribution is 0.174. The normalized spacial score (nSPS) is 12.0. The van der Waals surface area contributed by atoms with E-state index in [1.807, 2.05) is 18.2 Å². The maximum Gasteiger partial charge on any atom is 0.160 e. The third-order valence-corrected chi connectivity index (χ3v) is 3.69. The van der Waals surface area contributed by atoms with Crippen molar-refractivity contribution in [3.63, 3.8) is 0 Å². The highest BCUT2D eigenvalue weighted by Gasteiger charge is 2.10. The molecule has 0 aliphatic carbocycles. The van der Waals surface area contributed by atoms with E-state index in [0.29, 0.717) is 30.2 Å². The molecule has 1 atom stereocenters. The van der Waals surface area contributed by atoms with E-state index in [0.717, 1.165) is 12.0 Å². The second-order valence-corrected chi connectivity index (χ2v) is 5.44. The molecular formula is C18H23NO5. The molecule has 1 unspecified atom stereocenters. The number of aromatic hydroxyl groups is 2. The fourth-order valence-electron chi connectivity index (χ4n) is 2.44. The summed E-state index contributed by atoms with van der Waals surface area (Å²) < 4.78 is 10.5. The van der Waals surface area contributed by atoms with Crippen LogP contribution in [0.2, 0.25) is 0 Å².